The van der Waals surface area contributed by atoms with Crippen LogP contribution < -0.4 is 0 Å². The number of hydrogen-bond donors (Lipinski definition) is 1. The summed E-state index contributed by atoms with van der Waals surface area (Å²) < 4.78 is 41.6. The molecule has 1 aliphatic carbocycles. The molecular weight excluding hydrogens is 289 g/mol. The van der Waals surface area contributed by atoms with Gasteiger partial charge in [0.25, 0.3) is 0 Å². The Morgan fingerprint density at radius 1 is 1.24 bits per heavy atom. The van der Waals surface area contributed by atoms with E-state index in [-0.39, 0.29) is 24.6 Å². The SMILES string of the molecule is O=C(O)CC1(Cc2nnc(CCC(F)(F)F)o2)CCCC1. The molecule has 0 aliphatic heterocycles. The molecule has 0 unspecified atom stereocenters. The lowest BCUT2D eigenvalue weighted by atomic mass is 9.79. The second-order valence-electron chi connectivity index (χ2n) is 5.66. The average molecular weight is 306 g/mol. The van der Waals surface area contributed by atoms with Crippen LogP contribution in [0.5, 0.6) is 0 Å². The number of carboxylic acids is 1. The predicted molar refractivity (Wildman–Crippen MR) is 65.5 cm³/mol. The number of carboxylic acid groups (broad SMARTS) is 1. The highest BCUT2D eigenvalue weighted by Crippen LogP contribution is 2.43. The number of rotatable bonds is 6. The monoisotopic (exact) mass is 306 g/mol. The van der Waals surface area contributed by atoms with Gasteiger partial charge < -0.3 is 9.52 Å². The number of aromatic nitrogens is 2. The molecule has 0 radical (unpaired) electrons. The summed E-state index contributed by atoms with van der Waals surface area (Å²) in [6.07, 6.45) is -1.85. The van der Waals surface area contributed by atoms with Crippen LogP contribution in [-0.2, 0) is 17.6 Å². The van der Waals surface area contributed by atoms with Gasteiger partial charge in [0.05, 0.1) is 12.8 Å². The topological polar surface area (TPSA) is 76.2 Å². The Morgan fingerprint density at radius 3 is 2.43 bits per heavy atom. The van der Waals surface area contributed by atoms with Gasteiger partial charge in [-0.3, -0.25) is 4.79 Å². The third-order valence-electron chi connectivity index (χ3n) is 3.85. The molecule has 118 valence electrons. The van der Waals surface area contributed by atoms with Gasteiger partial charge in [-0.05, 0) is 18.3 Å². The fraction of sp³-hybridized carbons (Fsp3) is 0.769. The van der Waals surface area contributed by atoms with Crippen molar-refractivity contribution in [3.63, 3.8) is 0 Å². The predicted octanol–water partition coefficient (Wildman–Crippen LogP) is 3.14. The Bertz CT molecular complexity index is 493. The zero-order chi connectivity index (χ0) is 15.5. The molecule has 5 nitrogen and oxygen atoms in total. The van der Waals surface area contributed by atoms with E-state index in [1.165, 1.54) is 0 Å². The summed E-state index contributed by atoms with van der Waals surface area (Å²) in [4.78, 5) is 11.0. The van der Waals surface area contributed by atoms with Gasteiger partial charge >= 0.3 is 12.1 Å². The molecule has 1 heterocycles. The molecule has 0 amide bonds. The van der Waals surface area contributed by atoms with Gasteiger partial charge in [-0.1, -0.05) is 12.8 Å². The van der Waals surface area contributed by atoms with E-state index in [2.05, 4.69) is 10.2 Å². The minimum absolute atomic E-state index is 0.0211. The van der Waals surface area contributed by atoms with Crippen molar-refractivity contribution in [1.82, 2.24) is 10.2 Å². The van der Waals surface area contributed by atoms with E-state index in [0.717, 1.165) is 25.7 Å². The van der Waals surface area contributed by atoms with Crippen molar-refractivity contribution in [3.05, 3.63) is 11.8 Å². The van der Waals surface area contributed by atoms with Crippen molar-refractivity contribution in [3.8, 4) is 0 Å². The maximum absolute atomic E-state index is 12.1. The number of hydrogen-bond acceptors (Lipinski definition) is 4. The molecule has 0 spiro atoms. The second kappa shape index (κ2) is 6.03. The fourth-order valence-corrected chi connectivity index (χ4v) is 2.89. The molecule has 1 fully saturated rings. The Morgan fingerprint density at radius 2 is 1.86 bits per heavy atom. The molecule has 21 heavy (non-hydrogen) atoms. The molecule has 8 heteroatoms. The molecule has 1 aromatic heterocycles. The van der Waals surface area contributed by atoms with Crippen molar-refractivity contribution in [2.45, 2.75) is 57.5 Å². The first-order valence-corrected chi connectivity index (χ1v) is 6.88. The van der Waals surface area contributed by atoms with Gasteiger partial charge in [-0.2, -0.15) is 13.2 Å². The number of halogens is 3. The molecule has 1 saturated carbocycles. The molecular formula is C13H17F3N2O3. The van der Waals surface area contributed by atoms with Crippen LogP contribution in [0.1, 0.15) is 50.3 Å². The lowest BCUT2D eigenvalue weighted by Crippen LogP contribution is -2.24. The maximum Gasteiger partial charge on any atom is 0.389 e. The van der Waals surface area contributed by atoms with Crippen LogP contribution in [0, 0.1) is 5.41 Å². The van der Waals surface area contributed by atoms with E-state index in [1.54, 1.807) is 0 Å². The van der Waals surface area contributed by atoms with E-state index < -0.39 is 24.0 Å². The number of aliphatic carboxylic acids is 1. The Labute approximate surface area is 119 Å². The molecule has 1 N–H and O–H groups in total. The largest absolute Gasteiger partial charge is 0.481 e. The minimum atomic E-state index is -4.26. The van der Waals surface area contributed by atoms with Crippen LogP contribution in [-0.4, -0.2) is 27.4 Å². The zero-order valence-corrected chi connectivity index (χ0v) is 11.4. The second-order valence-corrected chi connectivity index (χ2v) is 5.66. The molecule has 0 atom stereocenters. The van der Waals surface area contributed by atoms with Crippen molar-refractivity contribution < 1.29 is 27.5 Å². The van der Waals surface area contributed by atoms with Crippen molar-refractivity contribution in [1.29, 1.82) is 0 Å². The van der Waals surface area contributed by atoms with Gasteiger partial charge in [0.15, 0.2) is 0 Å². The van der Waals surface area contributed by atoms with Crippen molar-refractivity contribution in [2.75, 3.05) is 0 Å². The Hall–Kier alpha value is -1.60. The van der Waals surface area contributed by atoms with Gasteiger partial charge in [0, 0.05) is 12.8 Å². The van der Waals surface area contributed by atoms with Crippen LogP contribution in [0.3, 0.4) is 0 Å². The van der Waals surface area contributed by atoms with Gasteiger partial charge in [-0.15, -0.1) is 10.2 Å². The summed E-state index contributed by atoms with van der Waals surface area (Å²) in [5, 5.41) is 16.4. The Balaban J connectivity index is 1.98. The first-order chi connectivity index (χ1) is 9.78. The summed E-state index contributed by atoms with van der Waals surface area (Å²) in [5.41, 5.74) is -0.403. The summed E-state index contributed by atoms with van der Waals surface area (Å²) >= 11 is 0. The van der Waals surface area contributed by atoms with Crippen LogP contribution in [0.15, 0.2) is 4.42 Å². The molecule has 2 rings (SSSR count). The fourth-order valence-electron chi connectivity index (χ4n) is 2.89. The smallest absolute Gasteiger partial charge is 0.389 e. The average Bonchev–Trinajstić information content (AvgIpc) is 2.95. The highest BCUT2D eigenvalue weighted by Gasteiger charge is 2.38. The van der Waals surface area contributed by atoms with Crippen molar-refractivity contribution >= 4 is 5.97 Å². The standard InChI is InChI=1S/C13H17F3N2O3/c14-13(15,16)6-3-9-17-18-10(21-9)7-12(8-11(19)20)4-1-2-5-12/h1-8H2,(H,19,20). The normalized spacial score (nSPS) is 18.0. The van der Waals surface area contributed by atoms with Gasteiger partial charge in [0.2, 0.25) is 11.8 Å². The summed E-state index contributed by atoms with van der Waals surface area (Å²) in [7, 11) is 0. The zero-order valence-electron chi connectivity index (χ0n) is 11.4. The third kappa shape index (κ3) is 4.71. The van der Waals surface area contributed by atoms with Crippen molar-refractivity contribution in [2.24, 2.45) is 5.41 Å². The lowest BCUT2D eigenvalue weighted by Gasteiger charge is -2.24. The first kappa shape index (κ1) is 15.8. The van der Waals surface area contributed by atoms with Crippen LogP contribution in [0.25, 0.3) is 0 Å². The number of aryl methyl sites for hydroxylation is 1. The van der Waals surface area contributed by atoms with Crippen LogP contribution in [0.4, 0.5) is 13.2 Å². The number of nitrogens with zero attached hydrogens (tertiary/aromatic N) is 2. The molecule has 1 aliphatic rings. The van der Waals surface area contributed by atoms with Crippen LogP contribution >= 0.6 is 0 Å². The van der Waals surface area contributed by atoms with Crippen LogP contribution in [0.2, 0.25) is 0 Å². The van der Waals surface area contributed by atoms with E-state index >= 15 is 0 Å². The molecule has 1 aromatic rings. The Kier molecular flexibility index (Phi) is 4.53. The molecule has 0 aromatic carbocycles. The van der Waals surface area contributed by atoms with Gasteiger partial charge in [-0.25, -0.2) is 0 Å². The highest BCUT2D eigenvalue weighted by atomic mass is 19.4. The number of carbonyl (C=O) groups is 1. The first-order valence-electron chi connectivity index (χ1n) is 6.88. The maximum atomic E-state index is 12.1. The number of alkyl halides is 3. The quantitative estimate of drug-likeness (QED) is 0.873. The third-order valence-corrected chi connectivity index (χ3v) is 3.85. The summed E-state index contributed by atoms with van der Waals surface area (Å²) in [6, 6.07) is 0. The van der Waals surface area contributed by atoms with E-state index in [0.29, 0.717) is 6.42 Å². The lowest BCUT2D eigenvalue weighted by molar-refractivity contribution is -0.140. The summed E-state index contributed by atoms with van der Waals surface area (Å²) in [6.45, 7) is 0. The molecule has 0 saturated heterocycles. The van der Waals surface area contributed by atoms with E-state index in [9.17, 15) is 18.0 Å². The van der Waals surface area contributed by atoms with Gasteiger partial charge in [0.1, 0.15) is 0 Å². The molecule has 0 bridgehead atoms. The summed E-state index contributed by atoms with van der Waals surface area (Å²) in [5.74, 6) is -0.699. The van der Waals surface area contributed by atoms with E-state index in [1.807, 2.05) is 0 Å². The van der Waals surface area contributed by atoms with E-state index in [4.69, 9.17) is 9.52 Å². The minimum Gasteiger partial charge on any atom is -0.481 e. The highest BCUT2D eigenvalue weighted by molar-refractivity contribution is 5.67.